The van der Waals surface area contributed by atoms with Crippen molar-refractivity contribution in [1.29, 1.82) is 0 Å². The Morgan fingerprint density at radius 3 is 2.32 bits per heavy atom. The van der Waals surface area contributed by atoms with Crippen molar-refractivity contribution in [1.82, 2.24) is 0 Å². The molecule has 0 aliphatic carbocycles. The van der Waals surface area contributed by atoms with Gasteiger partial charge in [-0.3, -0.25) is 14.9 Å². The number of carbonyl (C=O) groups excluding carboxylic acids is 1. The molecular formula is C19H12ClNO3S. The summed E-state index contributed by atoms with van der Waals surface area (Å²) < 4.78 is 0. The second kappa shape index (κ2) is 7.42. The lowest BCUT2D eigenvalue weighted by molar-refractivity contribution is -0.384. The van der Waals surface area contributed by atoms with E-state index in [-0.39, 0.29) is 11.5 Å². The van der Waals surface area contributed by atoms with Crippen LogP contribution in [0.1, 0.15) is 15.2 Å². The molecule has 1 aromatic heterocycles. The van der Waals surface area contributed by atoms with Crippen molar-refractivity contribution < 1.29 is 9.72 Å². The molecule has 0 bridgehead atoms. The first-order chi connectivity index (χ1) is 12.0. The number of nitro groups is 1. The molecule has 0 unspecified atom stereocenters. The SMILES string of the molecule is O=C(/C=C/c1ccc(Cl)cc1)c1ccc(-c2ccc([N+](=O)[O-])cc2)s1. The van der Waals surface area contributed by atoms with Gasteiger partial charge in [0, 0.05) is 22.0 Å². The van der Waals surface area contributed by atoms with E-state index in [9.17, 15) is 14.9 Å². The van der Waals surface area contributed by atoms with E-state index < -0.39 is 4.92 Å². The van der Waals surface area contributed by atoms with Gasteiger partial charge >= 0.3 is 0 Å². The highest BCUT2D eigenvalue weighted by atomic mass is 35.5. The van der Waals surface area contributed by atoms with Gasteiger partial charge in [-0.1, -0.05) is 29.8 Å². The largest absolute Gasteiger partial charge is 0.288 e. The van der Waals surface area contributed by atoms with Crippen LogP contribution in [0.25, 0.3) is 16.5 Å². The highest BCUT2D eigenvalue weighted by Crippen LogP contribution is 2.30. The molecule has 0 fully saturated rings. The first-order valence-corrected chi connectivity index (χ1v) is 8.55. The fraction of sp³-hybridized carbons (Fsp3) is 0. The van der Waals surface area contributed by atoms with Crippen molar-refractivity contribution in [2.24, 2.45) is 0 Å². The molecule has 2 aromatic carbocycles. The van der Waals surface area contributed by atoms with E-state index in [0.29, 0.717) is 9.90 Å². The average molecular weight is 370 g/mol. The Bertz CT molecular complexity index is 944. The highest BCUT2D eigenvalue weighted by Gasteiger charge is 2.10. The summed E-state index contributed by atoms with van der Waals surface area (Å²) in [6.07, 6.45) is 3.26. The molecule has 0 spiro atoms. The number of thiophene rings is 1. The number of carbonyl (C=O) groups is 1. The van der Waals surface area contributed by atoms with Gasteiger partial charge < -0.3 is 0 Å². The van der Waals surface area contributed by atoms with Crippen LogP contribution in [0.5, 0.6) is 0 Å². The van der Waals surface area contributed by atoms with E-state index in [1.807, 2.05) is 18.2 Å². The van der Waals surface area contributed by atoms with Crippen LogP contribution in [0, 0.1) is 10.1 Å². The minimum Gasteiger partial charge on any atom is -0.288 e. The van der Waals surface area contributed by atoms with E-state index in [1.54, 1.807) is 36.4 Å². The molecule has 25 heavy (non-hydrogen) atoms. The van der Waals surface area contributed by atoms with Crippen molar-refractivity contribution in [3.05, 3.63) is 92.3 Å². The average Bonchev–Trinajstić information content (AvgIpc) is 3.11. The monoisotopic (exact) mass is 369 g/mol. The number of non-ortho nitro benzene ring substituents is 1. The molecule has 3 aromatic rings. The number of hydrogen-bond donors (Lipinski definition) is 0. The summed E-state index contributed by atoms with van der Waals surface area (Å²) in [5.74, 6) is -0.0897. The smallest absolute Gasteiger partial charge is 0.269 e. The third-order valence-corrected chi connectivity index (χ3v) is 4.91. The van der Waals surface area contributed by atoms with Crippen LogP contribution in [-0.4, -0.2) is 10.7 Å². The molecule has 0 aliphatic heterocycles. The molecule has 0 saturated heterocycles. The molecule has 0 amide bonds. The number of rotatable bonds is 5. The zero-order valence-corrected chi connectivity index (χ0v) is 14.5. The maximum Gasteiger partial charge on any atom is 0.269 e. The summed E-state index contributed by atoms with van der Waals surface area (Å²) in [7, 11) is 0. The number of allylic oxidation sites excluding steroid dienone is 1. The van der Waals surface area contributed by atoms with Crippen LogP contribution in [0.2, 0.25) is 5.02 Å². The van der Waals surface area contributed by atoms with E-state index in [0.717, 1.165) is 16.0 Å². The lowest BCUT2D eigenvalue weighted by atomic mass is 10.1. The Hall–Kier alpha value is -2.76. The molecule has 0 radical (unpaired) electrons. The molecule has 124 valence electrons. The van der Waals surface area contributed by atoms with Crippen LogP contribution in [-0.2, 0) is 0 Å². The molecule has 3 rings (SSSR count). The summed E-state index contributed by atoms with van der Waals surface area (Å²) in [6, 6.07) is 17.1. The van der Waals surface area contributed by atoms with Crippen LogP contribution in [0.15, 0.2) is 66.7 Å². The van der Waals surface area contributed by atoms with Gasteiger partial charge in [-0.15, -0.1) is 11.3 Å². The van der Waals surface area contributed by atoms with Gasteiger partial charge in [0.05, 0.1) is 9.80 Å². The van der Waals surface area contributed by atoms with Crippen LogP contribution in [0.4, 0.5) is 5.69 Å². The fourth-order valence-electron chi connectivity index (χ4n) is 2.20. The van der Waals surface area contributed by atoms with Crippen molar-refractivity contribution in [3.63, 3.8) is 0 Å². The van der Waals surface area contributed by atoms with Gasteiger partial charge in [-0.05, 0) is 53.6 Å². The minimum absolute atomic E-state index is 0.0440. The maximum absolute atomic E-state index is 12.3. The highest BCUT2D eigenvalue weighted by molar-refractivity contribution is 7.17. The third kappa shape index (κ3) is 4.21. The van der Waals surface area contributed by atoms with E-state index in [4.69, 9.17) is 11.6 Å². The topological polar surface area (TPSA) is 60.2 Å². The number of halogens is 1. The summed E-state index contributed by atoms with van der Waals surface area (Å²) in [5, 5.41) is 11.3. The Labute approximate surface area is 153 Å². The Balaban J connectivity index is 1.75. The van der Waals surface area contributed by atoms with Crippen molar-refractivity contribution in [2.45, 2.75) is 0 Å². The van der Waals surface area contributed by atoms with Gasteiger partial charge in [-0.2, -0.15) is 0 Å². The summed E-state index contributed by atoms with van der Waals surface area (Å²) >= 11 is 7.19. The molecule has 4 nitrogen and oxygen atoms in total. The lowest BCUT2D eigenvalue weighted by Crippen LogP contribution is -1.88. The Kier molecular flexibility index (Phi) is 5.07. The number of benzene rings is 2. The molecule has 0 saturated carbocycles. The predicted molar refractivity (Wildman–Crippen MR) is 101 cm³/mol. The third-order valence-electron chi connectivity index (χ3n) is 3.51. The number of ketones is 1. The first kappa shape index (κ1) is 17.1. The van der Waals surface area contributed by atoms with Crippen molar-refractivity contribution >= 4 is 40.5 Å². The van der Waals surface area contributed by atoms with E-state index >= 15 is 0 Å². The standard InChI is InChI=1S/C19H12ClNO3S/c20-15-6-1-13(2-7-15)3-10-17(22)19-12-11-18(25-19)14-4-8-16(9-5-14)21(23)24/h1-12H/b10-3+. The van der Waals surface area contributed by atoms with Gasteiger partial charge in [0.1, 0.15) is 0 Å². The summed E-state index contributed by atoms with van der Waals surface area (Å²) in [4.78, 5) is 24.0. The quantitative estimate of drug-likeness (QED) is 0.244. The lowest BCUT2D eigenvalue weighted by Gasteiger charge is -1.96. The van der Waals surface area contributed by atoms with Crippen LogP contribution in [0.3, 0.4) is 0 Å². The zero-order chi connectivity index (χ0) is 17.8. The first-order valence-electron chi connectivity index (χ1n) is 7.35. The zero-order valence-electron chi connectivity index (χ0n) is 12.9. The fourth-order valence-corrected chi connectivity index (χ4v) is 3.26. The molecule has 1 heterocycles. The number of nitrogens with zero attached hydrogens (tertiary/aromatic N) is 1. The molecule has 0 aliphatic rings. The van der Waals surface area contributed by atoms with E-state index in [1.165, 1.54) is 29.5 Å². The molecular weight excluding hydrogens is 358 g/mol. The van der Waals surface area contributed by atoms with Crippen LogP contribution < -0.4 is 0 Å². The number of nitro benzene ring substituents is 1. The maximum atomic E-state index is 12.3. The van der Waals surface area contributed by atoms with Gasteiger partial charge in [0.2, 0.25) is 0 Å². The second-order valence-electron chi connectivity index (χ2n) is 5.22. The van der Waals surface area contributed by atoms with Crippen molar-refractivity contribution in [3.8, 4) is 10.4 Å². The van der Waals surface area contributed by atoms with Gasteiger partial charge in [-0.25, -0.2) is 0 Å². The Morgan fingerprint density at radius 2 is 1.68 bits per heavy atom. The second-order valence-corrected chi connectivity index (χ2v) is 6.74. The summed E-state index contributed by atoms with van der Waals surface area (Å²) in [5.41, 5.74) is 1.78. The van der Waals surface area contributed by atoms with E-state index in [2.05, 4.69) is 0 Å². The molecule has 0 N–H and O–H groups in total. The Morgan fingerprint density at radius 1 is 1.00 bits per heavy atom. The molecule has 0 atom stereocenters. The molecule has 6 heteroatoms. The normalized spacial score (nSPS) is 10.9. The van der Waals surface area contributed by atoms with Crippen molar-refractivity contribution in [2.75, 3.05) is 0 Å². The van der Waals surface area contributed by atoms with Gasteiger partial charge in [0.15, 0.2) is 5.78 Å². The summed E-state index contributed by atoms with van der Waals surface area (Å²) in [6.45, 7) is 0. The van der Waals surface area contributed by atoms with Crippen LogP contribution >= 0.6 is 22.9 Å². The minimum atomic E-state index is -0.436. The predicted octanol–water partition coefficient (Wildman–Crippen LogP) is 5.87. The number of hydrogen-bond acceptors (Lipinski definition) is 4. The van der Waals surface area contributed by atoms with Gasteiger partial charge in [0.25, 0.3) is 5.69 Å².